The normalized spacial score (nSPS) is 15.9. The molecule has 16 heavy (non-hydrogen) atoms. The van der Waals surface area contributed by atoms with Gasteiger partial charge in [-0.1, -0.05) is 11.6 Å². The van der Waals surface area contributed by atoms with E-state index >= 15 is 0 Å². The van der Waals surface area contributed by atoms with Gasteiger partial charge in [-0.2, -0.15) is 0 Å². The van der Waals surface area contributed by atoms with Crippen molar-refractivity contribution in [2.75, 3.05) is 18.1 Å². The van der Waals surface area contributed by atoms with Crippen LogP contribution in [0.3, 0.4) is 0 Å². The zero-order valence-electron chi connectivity index (χ0n) is 9.14. The average molecular weight is 242 g/mol. The monoisotopic (exact) mass is 241 g/mol. The number of aromatic nitrogens is 2. The van der Waals surface area contributed by atoms with E-state index in [2.05, 4.69) is 14.9 Å². The van der Waals surface area contributed by atoms with E-state index in [-0.39, 0.29) is 6.61 Å². The molecule has 1 heterocycles. The Bertz CT molecular complexity index is 344. The van der Waals surface area contributed by atoms with Crippen LogP contribution in [0.15, 0.2) is 12.4 Å². The zero-order chi connectivity index (χ0) is 11.4. The van der Waals surface area contributed by atoms with Crippen molar-refractivity contribution in [3.05, 3.63) is 17.5 Å². The van der Waals surface area contributed by atoms with Crippen LogP contribution in [-0.2, 0) is 0 Å². The van der Waals surface area contributed by atoms with Crippen molar-refractivity contribution in [2.24, 2.45) is 0 Å². The molecule has 0 saturated heterocycles. The van der Waals surface area contributed by atoms with E-state index in [1.807, 2.05) is 0 Å². The first-order valence-corrected chi connectivity index (χ1v) is 6.04. The van der Waals surface area contributed by atoms with Crippen molar-refractivity contribution < 1.29 is 5.11 Å². The smallest absolute Gasteiger partial charge is 0.149 e. The number of rotatable bonds is 5. The van der Waals surface area contributed by atoms with Crippen LogP contribution in [0.1, 0.15) is 25.7 Å². The summed E-state index contributed by atoms with van der Waals surface area (Å²) in [5.41, 5.74) is 0. The maximum atomic E-state index is 8.90. The van der Waals surface area contributed by atoms with Gasteiger partial charge in [-0.25, -0.2) is 4.98 Å². The van der Waals surface area contributed by atoms with Crippen LogP contribution in [0.5, 0.6) is 0 Å². The summed E-state index contributed by atoms with van der Waals surface area (Å²) in [6.07, 6.45) is 7.69. The van der Waals surface area contributed by atoms with Gasteiger partial charge in [0.2, 0.25) is 0 Å². The lowest BCUT2D eigenvalue weighted by Gasteiger charge is -2.38. The summed E-state index contributed by atoms with van der Waals surface area (Å²) < 4.78 is 0. The van der Waals surface area contributed by atoms with Crippen molar-refractivity contribution >= 4 is 17.4 Å². The molecule has 4 nitrogen and oxygen atoms in total. The quantitative estimate of drug-likeness (QED) is 0.855. The fourth-order valence-electron chi connectivity index (χ4n) is 1.89. The number of hydrogen-bond donors (Lipinski definition) is 1. The molecular formula is C11H16ClN3O. The molecule has 1 aliphatic rings. The van der Waals surface area contributed by atoms with Gasteiger partial charge >= 0.3 is 0 Å². The molecule has 0 bridgehead atoms. The molecule has 1 saturated carbocycles. The van der Waals surface area contributed by atoms with Crippen LogP contribution in [0.25, 0.3) is 0 Å². The van der Waals surface area contributed by atoms with E-state index in [1.54, 1.807) is 6.20 Å². The van der Waals surface area contributed by atoms with Gasteiger partial charge in [0.1, 0.15) is 11.0 Å². The molecule has 0 spiro atoms. The molecule has 0 radical (unpaired) electrons. The summed E-state index contributed by atoms with van der Waals surface area (Å²) in [6, 6.07) is 0.541. The Labute approximate surface area is 100 Å². The van der Waals surface area contributed by atoms with Crippen LogP contribution < -0.4 is 4.90 Å². The lowest BCUT2D eigenvalue weighted by Crippen LogP contribution is -2.41. The molecule has 0 amide bonds. The number of aliphatic hydroxyl groups excluding tert-OH is 1. The highest BCUT2D eigenvalue weighted by molar-refractivity contribution is 6.29. The van der Waals surface area contributed by atoms with Crippen LogP contribution in [0, 0.1) is 0 Å². The lowest BCUT2D eigenvalue weighted by atomic mass is 9.91. The first-order valence-electron chi connectivity index (χ1n) is 5.66. The summed E-state index contributed by atoms with van der Waals surface area (Å²) in [4.78, 5) is 10.5. The molecular weight excluding hydrogens is 226 g/mol. The molecule has 1 N–H and O–H groups in total. The minimum atomic E-state index is 0.206. The number of nitrogens with zero attached hydrogens (tertiary/aromatic N) is 3. The highest BCUT2D eigenvalue weighted by Crippen LogP contribution is 2.28. The summed E-state index contributed by atoms with van der Waals surface area (Å²) in [7, 11) is 0. The van der Waals surface area contributed by atoms with Crippen molar-refractivity contribution in [1.82, 2.24) is 9.97 Å². The van der Waals surface area contributed by atoms with E-state index in [0.717, 1.165) is 18.8 Å². The van der Waals surface area contributed by atoms with Crippen LogP contribution in [0.2, 0.25) is 5.15 Å². The van der Waals surface area contributed by atoms with Crippen LogP contribution in [-0.4, -0.2) is 34.3 Å². The molecule has 5 heteroatoms. The summed E-state index contributed by atoms with van der Waals surface area (Å²) >= 11 is 5.84. The molecule has 0 atom stereocenters. The molecule has 0 unspecified atom stereocenters. The Kier molecular flexibility index (Phi) is 3.96. The number of hydrogen-bond acceptors (Lipinski definition) is 4. The zero-order valence-corrected chi connectivity index (χ0v) is 9.90. The topological polar surface area (TPSA) is 49.2 Å². The molecule has 0 aliphatic heterocycles. The van der Waals surface area contributed by atoms with Gasteiger partial charge in [-0.15, -0.1) is 0 Å². The van der Waals surface area contributed by atoms with E-state index in [1.165, 1.54) is 25.5 Å². The Morgan fingerprint density at radius 2 is 2.25 bits per heavy atom. The summed E-state index contributed by atoms with van der Waals surface area (Å²) in [5.74, 6) is 0.825. The first kappa shape index (κ1) is 11.6. The molecule has 1 aromatic heterocycles. The predicted molar refractivity (Wildman–Crippen MR) is 63.7 cm³/mol. The van der Waals surface area contributed by atoms with Crippen molar-refractivity contribution in [3.63, 3.8) is 0 Å². The Morgan fingerprint density at radius 3 is 2.81 bits per heavy atom. The Hall–Kier alpha value is -0.870. The highest BCUT2D eigenvalue weighted by Gasteiger charge is 2.25. The molecule has 2 rings (SSSR count). The number of halogens is 1. The maximum absolute atomic E-state index is 8.90. The van der Waals surface area contributed by atoms with Gasteiger partial charge in [0.15, 0.2) is 0 Å². The fourth-order valence-corrected chi connectivity index (χ4v) is 2.04. The number of anilines is 1. The van der Waals surface area contributed by atoms with Gasteiger partial charge in [0, 0.05) is 19.2 Å². The highest BCUT2D eigenvalue weighted by atomic mass is 35.5. The van der Waals surface area contributed by atoms with E-state index in [0.29, 0.717) is 11.2 Å². The van der Waals surface area contributed by atoms with E-state index in [4.69, 9.17) is 16.7 Å². The van der Waals surface area contributed by atoms with Crippen molar-refractivity contribution in [3.8, 4) is 0 Å². The second kappa shape index (κ2) is 5.46. The van der Waals surface area contributed by atoms with Gasteiger partial charge in [0.05, 0.1) is 12.4 Å². The largest absolute Gasteiger partial charge is 0.396 e. The molecule has 1 aromatic rings. The van der Waals surface area contributed by atoms with Gasteiger partial charge in [-0.05, 0) is 25.7 Å². The average Bonchev–Trinajstić information content (AvgIpc) is 2.21. The van der Waals surface area contributed by atoms with Crippen molar-refractivity contribution in [1.29, 1.82) is 0 Å². The van der Waals surface area contributed by atoms with Gasteiger partial charge < -0.3 is 10.0 Å². The Morgan fingerprint density at radius 1 is 1.44 bits per heavy atom. The lowest BCUT2D eigenvalue weighted by molar-refractivity contribution is 0.282. The number of aliphatic hydroxyl groups is 1. The second-order valence-electron chi connectivity index (χ2n) is 4.06. The summed E-state index contributed by atoms with van der Waals surface area (Å²) in [6.45, 7) is 1.02. The third-order valence-electron chi connectivity index (χ3n) is 2.96. The molecule has 0 aromatic carbocycles. The molecule has 1 fully saturated rings. The van der Waals surface area contributed by atoms with E-state index < -0.39 is 0 Å². The minimum Gasteiger partial charge on any atom is -0.396 e. The first-order chi connectivity index (χ1) is 7.81. The summed E-state index contributed by atoms with van der Waals surface area (Å²) in [5, 5.41) is 9.32. The standard InChI is InChI=1S/C11H16ClN3O/c12-10-7-13-8-11(14-10)15(5-2-6-16)9-3-1-4-9/h7-9,16H,1-6H2. The third-order valence-corrected chi connectivity index (χ3v) is 3.14. The third kappa shape index (κ3) is 2.62. The SMILES string of the molecule is OCCCN(c1cncc(Cl)n1)C1CCC1. The van der Waals surface area contributed by atoms with Crippen LogP contribution >= 0.6 is 11.6 Å². The minimum absolute atomic E-state index is 0.206. The molecule has 1 aliphatic carbocycles. The second-order valence-corrected chi connectivity index (χ2v) is 4.44. The fraction of sp³-hybridized carbons (Fsp3) is 0.636. The van der Waals surface area contributed by atoms with Gasteiger partial charge in [-0.3, -0.25) is 4.98 Å². The molecule has 88 valence electrons. The predicted octanol–water partition coefficient (Wildman–Crippen LogP) is 1.87. The maximum Gasteiger partial charge on any atom is 0.149 e. The van der Waals surface area contributed by atoms with Gasteiger partial charge in [0.25, 0.3) is 0 Å². The van der Waals surface area contributed by atoms with Crippen LogP contribution in [0.4, 0.5) is 5.82 Å². The van der Waals surface area contributed by atoms with Crippen molar-refractivity contribution in [2.45, 2.75) is 31.7 Å². The Balaban J connectivity index is 2.10. The van der Waals surface area contributed by atoms with E-state index in [9.17, 15) is 0 Å².